The fourth-order valence-electron chi connectivity index (χ4n) is 1.92. The summed E-state index contributed by atoms with van der Waals surface area (Å²) in [5.74, 6) is -0.510. The van der Waals surface area contributed by atoms with Gasteiger partial charge in [0.1, 0.15) is 0 Å². The fourth-order valence-corrected chi connectivity index (χ4v) is 1.92. The number of carbonyl (C=O) groups is 1. The van der Waals surface area contributed by atoms with Crippen molar-refractivity contribution in [3.05, 3.63) is 34.3 Å². The SMILES string of the molecule is Cn1c(=O)oc2cc(C(=O)C3(N)CC3)ccc21. The number of ketones is 1. The molecular weight excluding hydrogens is 220 g/mol. The Morgan fingerprint density at radius 1 is 1.47 bits per heavy atom. The van der Waals surface area contributed by atoms with Crippen LogP contribution in [0.1, 0.15) is 23.2 Å². The predicted octanol–water partition coefficient (Wildman–Crippen LogP) is 0.805. The third-order valence-electron chi connectivity index (χ3n) is 3.30. The summed E-state index contributed by atoms with van der Waals surface area (Å²) in [5, 5.41) is 0. The topological polar surface area (TPSA) is 78.2 Å². The van der Waals surface area contributed by atoms with Gasteiger partial charge in [0, 0.05) is 12.6 Å². The maximum absolute atomic E-state index is 12.0. The summed E-state index contributed by atoms with van der Waals surface area (Å²) in [6.45, 7) is 0. The predicted molar refractivity (Wildman–Crippen MR) is 61.9 cm³/mol. The summed E-state index contributed by atoms with van der Waals surface area (Å²) in [5.41, 5.74) is 6.77. The molecule has 3 rings (SSSR count). The number of benzene rings is 1. The summed E-state index contributed by atoms with van der Waals surface area (Å²) in [6.07, 6.45) is 1.45. The van der Waals surface area contributed by atoms with Crippen LogP contribution >= 0.6 is 0 Å². The Morgan fingerprint density at radius 2 is 2.18 bits per heavy atom. The van der Waals surface area contributed by atoms with Crippen molar-refractivity contribution in [3.63, 3.8) is 0 Å². The van der Waals surface area contributed by atoms with Crippen molar-refractivity contribution in [2.24, 2.45) is 12.8 Å². The summed E-state index contributed by atoms with van der Waals surface area (Å²) >= 11 is 0. The third-order valence-corrected chi connectivity index (χ3v) is 3.30. The largest absolute Gasteiger partial charge is 0.419 e. The molecule has 1 heterocycles. The second kappa shape index (κ2) is 3.07. The molecule has 0 atom stereocenters. The highest BCUT2D eigenvalue weighted by atomic mass is 16.4. The number of nitrogens with zero attached hydrogens (tertiary/aromatic N) is 1. The van der Waals surface area contributed by atoms with Gasteiger partial charge in [-0.05, 0) is 31.0 Å². The van der Waals surface area contributed by atoms with Gasteiger partial charge < -0.3 is 10.2 Å². The van der Waals surface area contributed by atoms with Crippen molar-refractivity contribution in [1.29, 1.82) is 0 Å². The molecule has 5 nitrogen and oxygen atoms in total. The molecule has 5 heteroatoms. The molecule has 1 aromatic heterocycles. The smallest absolute Gasteiger partial charge is 0.408 e. The molecule has 0 radical (unpaired) electrons. The first-order valence-corrected chi connectivity index (χ1v) is 5.44. The Kier molecular flexibility index (Phi) is 1.86. The Labute approximate surface area is 96.8 Å². The Morgan fingerprint density at radius 3 is 2.82 bits per heavy atom. The minimum Gasteiger partial charge on any atom is -0.408 e. The number of nitrogens with two attached hydrogens (primary N) is 1. The standard InChI is InChI=1S/C12H12N2O3/c1-14-8-3-2-7(6-9(8)17-11(14)16)10(15)12(13)4-5-12/h2-3,6H,4-5,13H2,1H3. The maximum Gasteiger partial charge on any atom is 0.419 e. The van der Waals surface area contributed by atoms with Crippen LogP contribution in [0.2, 0.25) is 0 Å². The lowest BCUT2D eigenvalue weighted by Gasteiger charge is -2.06. The molecule has 88 valence electrons. The highest BCUT2D eigenvalue weighted by Gasteiger charge is 2.46. The quantitative estimate of drug-likeness (QED) is 0.777. The van der Waals surface area contributed by atoms with Crippen LogP contribution in [0.15, 0.2) is 27.4 Å². The van der Waals surface area contributed by atoms with Crippen molar-refractivity contribution in [2.45, 2.75) is 18.4 Å². The average molecular weight is 232 g/mol. The van der Waals surface area contributed by atoms with Gasteiger partial charge in [-0.15, -0.1) is 0 Å². The van der Waals surface area contributed by atoms with Gasteiger partial charge in [-0.3, -0.25) is 9.36 Å². The molecule has 17 heavy (non-hydrogen) atoms. The van der Waals surface area contributed by atoms with Gasteiger partial charge >= 0.3 is 5.76 Å². The number of Topliss-reactive ketones (excluding diaryl/α,β-unsaturated/α-hetero) is 1. The van der Waals surface area contributed by atoms with Crippen LogP contribution in [-0.4, -0.2) is 15.9 Å². The van der Waals surface area contributed by atoms with Gasteiger partial charge in [0.2, 0.25) is 0 Å². The van der Waals surface area contributed by atoms with Gasteiger partial charge in [0.05, 0.1) is 11.1 Å². The van der Waals surface area contributed by atoms with E-state index < -0.39 is 11.3 Å². The Balaban J connectivity index is 2.14. The molecule has 1 saturated carbocycles. The normalized spacial score (nSPS) is 17.3. The van der Waals surface area contributed by atoms with E-state index in [4.69, 9.17) is 10.2 Å². The van der Waals surface area contributed by atoms with E-state index in [2.05, 4.69) is 0 Å². The molecule has 0 saturated heterocycles. The van der Waals surface area contributed by atoms with E-state index in [-0.39, 0.29) is 5.78 Å². The van der Waals surface area contributed by atoms with E-state index in [0.717, 1.165) is 12.8 Å². The van der Waals surface area contributed by atoms with Crippen molar-refractivity contribution >= 4 is 16.9 Å². The third kappa shape index (κ3) is 1.43. The fraction of sp³-hybridized carbons (Fsp3) is 0.333. The first kappa shape index (κ1) is 10.3. The molecule has 1 aliphatic carbocycles. The number of rotatable bonds is 2. The molecule has 2 N–H and O–H groups in total. The summed E-state index contributed by atoms with van der Waals surface area (Å²) in [6, 6.07) is 4.98. The molecule has 1 aromatic carbocycles. The van der Waals surface area contributed by atoms with E-state index in [1.54, 1.807) is 25.2 Å². The van der Waals surface area contributed by atoms with Crippen LogP contribution in [0.25, 0.3) is 11.1 Å². The average Bonchev–Trinajstić information content (AvgIpc) is 3.00. The van der Waals surface area contributed by atoms with E-state index in [1.807, 2.05) is 0 Å². The van der Waals surface area contributed by atoms with E-state index in [9.17, 15) is 9.59 Å². The number of aromatic nitrogens is 1. The molecule has 0 amide bonds. The van der Waals surface area contributed by atoms with Gasteiger partial charge in [-0.25, -0.2) is 4.79 Å². The molecule has 0 spiro atoms. The zero-order chi connectivity index (χ0) is 12.2. The molecule has 0 unspecified atom stereocenters. The zero-order valence-electron chi connectivity index (χ0n) is 9.40. The zero-order valence-corrected chi connectivity index (χ0v) is 9.40. The van der Waals surface area contributed by atoms with Crippen molar-refractivity contribution in [1.82, 2.24) is 4.57 Å². The lowest BCUT2D eigenvalue weighted by atomic mass is 10.0. The van der Waals surface area contributed by atoms with Crippen LogP contribution in [-0.2, 0) is 7.05 Å². The number of oxazole rings is 1. The lowest BCUT2D eigenvalue weighted by Crippen LogP contribution is -2.32. The van der Waals surface area contributed by atoms with Crippen molar-refractivity contribution < 1.29 is 9.21 Å². The molecule has 0 aliphatic heterocycles. The number of aryl methyl sites for hydroxylation is 1. The van der Waals surface area contributed by atoms with Gasteiger partial charge in [-0.2, -0.15) is 0 Å². The minimum absolute atomic E-state index is 0.0779. The van der Waals surface area contributed by atoms with E-state index in [0.29, 0.717) is 16.7 Å². The van der Waals surface area contributed by atoms with Crippen LogP contribution in [0.5, 0.6) is 0 Å². The van der Waals surface area contributed by atoms with Crippen LogP contribution in [0.4, 0.5) is 0 Å². The van der Waals surface area contributed by atoms with E-state index >= 15 is 0 Å². The molecule has 1 aliphatic rings. The first-order chi connectivity index (χ1) is 8.01. The maximum atomic E-state index is 12.0. The highest BCUT2D eigenvalue weighted by molar-refractivity contribution is 6.06. The van der Waals surface area contributed by atoms with Crippen LogP contribution in [0, 0.1) is 0 Å². The minimum atomic E-state index is -0.692. The number of hydrogen-bond donors (Lipinski definition) is 1. The number of hydrogen-bond acceptors (Lipinski definition) is 4. The summed E-state index contributed by atoms with van der Waals surface area (Å²) in [4.78, 5) is 23.3. The second-order valence-corrected chi connectivity index (χ2v) is 4.59. The van der Waals surface area contributed by atoms with Crippen molar-refractivity contribution in [2.75, 3.05) is 0 Å². The molecule has 2 aromatic rings. The molecule has 0 bridgehead atoms. The van der Waals surface area contributed by atoms with Crippen LogP contribution < -0.4 is 11.5 Å². The number of carbonyl (C=O) groups excluding carboxylic acids is 1. The van der Waals surface area contributed by atoms with Gasteiger partial charge in [0.25, 0.3) is 0 Å². The molecular formula is C12H12N2O3. The summed E-state index contributed by atoms with van der Waals surface area (Å²) < 4.78 is 6.44. The number of fused-ring (bicyclic) bond motifs is 1. The van der Waals surface area contributed by atoms with Crippen LogP contribution in [0.3, 0.4) is 0 Å². The van der Waals surface area contributed by atoms with Gasteiger partial charge in [-0.1, -0.05) is 0 Å². The van der Waals surface area contributed by atoms with E-state index in [1.165, 1.54) is 4.57 Å². The second-order valence-electron chi connectivity index (χ2n) is 4.59. The van der Waals surface area contributed by atoms with Crippen molar-refractivity contribution in [3.8, 4) is 0 Å². The lowest BCUT2D eigenvalue weighted by molar-refractivity contribution is 0.0949. The molecule has 1 fully saturated rings. The first-order valence-electron chi connectivity index (χ1n) is 5.44. The van der Waals surface area contributed by atoms with Gasteiger partial charge in [0.15, 0.2) is 11.4 Å². The Bertz CT molecular complexity index is 677. The Hall–Kier alpha value is -1.88. The monoisotopic (exact) mass is 232 g/mol. The summed E-state index contributed by atoms with van der Waals surface area (Å²) in [7, 11) is 1.63. The highest BCUT2D eigenvalue weighted by Crippen LogP contribution is 2.35.